The van der Waals surface area contributed by atoms with E-state index in [2.05, 4.69) is 15.6 Å². The molecule has 0 saturated carbocycles. The molecule has 0 aliphatic carbocycles. The van der Waals surface area contributed by atoms with Gasteiger partial charge in [0.15, 0.2) is 6.04 Å². The van der Waals surface area contributed by atoms with Gasteiger partial charge in [-0.15, -0.1) is 0 Å². The summed E-state index contributed by atoms with van der Waals surface area (Å²) in [6.07, 6.45) is 3.15. The molecule has 196 valence electrons. The standard InChI is InChI=1S/C29H32N6O3/c1-35(29(38)34-23-6-2-4-20(16-23)18-30)15-3-5-19-7-9-21(10-8-19)26(28(36)37)33-24-11-12-25-22(17-24)13-14-32-27(25)31/h2,4,6-14,16-17,26,33H,3,5,15,18,30H2,1H3,(H2,31,32)(H,34,38)(H,36,37). The summed E-state index contributed by atoms with van der Waals surface area (Å²) in [7, 11) is 1.76. The van der Waals surface area contributed by atoms with Gasteiger partial charge in [-0.2, -0.15) is 0 Å². The molecular weight excluding hydrogens is 480 g/mol. The van der Waals surface area contributed by atoms with Gasteiger partial charge < -0.3 is 32.1 Å². The molecule has 4 rings (SSSR count). The van der Waals surface area contributed by atoms with Crippen molar-refractivity contribution in [1.29, 1.82) is 0 Å². The Kier molecular flexibility index (Phi) is 8.40. The van der Waals surface area contributed by atoms with Crippen molar-refractivity contribution in [3.05, 3.63) is 95.7 Å². The fourth-order valence-electron chi connectivity index (χ4n) is 4.24. The van der Waals surface area contributed by atoms with Crippen LogP contribution in [0.3, 0.4) is 0 Å². The minimum atomic E-state index is -0.975. The predicted octanol–water partition coefficient (Wildman–Crippen LogP) is 4.61. The van der Waals surface area contributed by atoms with E-state index in [9.17, 15) is 14.7 Å². The average Bonchev–Trinajstić information content (AvgIpc) is 2.92. The Bertz CT molecular complexity index is 1420. The van der Waals surface area contributed by atoms with Gasteiger partial charge in [0.05, 0.1) is 0 Å². The van der Waals surface area contributed by atoms with Crippen LogP contribution in [0.2, 0.25) is 0 Å². The number of urea groups is 1. The number of aryl methyl sites for hydroxylation is 1. The Morgan fingerprint density at radius 3 is 2.53 bits per heavy atom. The molecule has 1 aromatic heterocycles. The number of carboxylic acid groups (broad SMARTS) is 1. The van der Waals surface area contributed by atoms with E-state index in [0.29, 0.717) is 35.8 Å². The minimum Gasteiger partial charge on any atom is -0.479 e. The Hall–Kier alpha value is -4.63. The normalized spacial score (nSPS) is 11.6. The van der Waals surface area contributed by atoms with E-state index in [1.54, 1.807) is 24.2 Å². The van der Waals surface area contributed by atoms with E-state index in [0.717, 1.165) is 34.7 Å². The number of nitrogens with two attached hydrogens (primary N) is 2. The SMILES string of the molecule is CN(CCCc1ccc(C(Nc2ccc3c(N)nccc3c2)C(=O)O)cc1)C(=O)Nc1cccc(CN)c1. The lowest BCUT2D eigenvalue weighted by Crippen LogP contribution is -2.32. The zero-order valence-corrected chi connectivity index (χ0v) is 21.2. The number of aliphatic carboxylic acids is 1. The quantitative estimate of drug-likeness (QED) is 0.208. The first-order chi connectivity index (χ1) is 18.3. The molecule has 7 N–H and O–H groups in total. The number of rotatable bonds is 10. The molecule has 0 spiro atoms. The molecule has 3 aromatic carbocycles. The van der Waals surface area contributed by atoms with Crippen molar-refractivity contribution in [2.45, 2.75) is 25.4 Å². The lowest BCUT2D eigenvalue weighted by Gasteiger charge is -2.19. The molecule has 2 amide bonds. The number of fused-ring (bicyclic) bond motifs is 1. The first-order valence-corrected chi connectivity index (χ1v) is 12.4. The van der Waals surface area contributed by atoms with E-state index < -0.39 is 12.0 Å². The van der Waals surface area contributed by atoms with Crippen molar-refractivity contribution >= 4 is 40.0 Å². The third-order valence-corrected chi connectivity index (χ3v) is 6.39. The van der Waals surface area contributed by atoms with Crippen LogP contribution in [0.1, 0.15) is 29.2 Å². The zero-order valence-electron chi connectivity index (χ0n) is 21.2. The van der Waals surface area contributed by atoms with Gasteiger partial charge in [0.2, 0.25) is 0 Å². The predicted molar refractivity (Wildman–Crippen MR) is 151 cm³/mol. The molecule has 1 heterocycles. The molecule has 4 aromatic rings. The number of benzene rings is 3. The van der Waals surface area contributed by atoms with Crippen LogP contribution < -0.4 is 22.1 Å². The van der Waals surface area contributed by atoms with Gasteiger partial charge in [-0.3, -0.25) is 0 Å². The molecular formula is C29H32N6O3. The molecule has 0 fully saturated rings. The summed E-state index contributed by atoms with van der Waals surface area (Å²) < 4.78 is 0. The van der Waals surface area contributed by atoms with Gasteiger partial charge in [0, 0.05) is 43.1 Å². The van der Waals surface area contributed by atoms with Gasteiger partial charge >= 0.3 is 12.0 Å². The summed E-state index contributed by atoms with van der Waals surface area (Å²) in [6.45, 7) is 0.990. The second-order valence-electron chi connectivity index (χ2n) is 9.15. The van der Waals surface area contributed by atoms with E-state index in [4.69, 9.17) is 11.5 Å². The second-order valence-corrected chi connectivity index (χ2v) is 9.15. The Morgan fingerprint density at radius 2 is 1.79 bits per heavy atom. The second kappa shape index (κ2) is 12.1. The van der Waals surface area contributed by atoms with Crippen molar-refractivity contribution in [3.63, 3.8) is 0 Å². The first kappa shape index (κ1) is 26.4. The maximum atomic E-state index is 12.5. The van der Waals surface area contributed by atoms with E-state index in [1.165, 1.54) is 0 Å². The summed E-state index contributed by atoms with van der Waals surface area (Å²) in [4.78, 5) is 30.3. The Balaban J connectivity index is 1.32. The highest BCUT2D eigenvalue weighted by Crippen LogP contribution is 2.26. The van der Waals surface area contributed by atoms with Crippen LogP contribution in [0.25, 0.3) is 10.8 Å². The Morgan fingerprint density at radius 1 is 1.00 bits per heavy atom. The lowest BCUT2D eigenvalue weighted by molar-refractivity contribution is -0.138. The van der Waals surface area contributed by atoms with Crippen molar-refractivity contribution in [2.24, 2.45) is 5.73 Å². The smallest absolute Gasteiger partial charge is 0.330 e. The van der Waals surface area contributed by atoms with Crippen molar-refractivity contribution in [1.82, 2.24) is 9.88 Å². The maximum Gasteiger partial charge on any atom is 0.330 e. The monoisotopic (exact) mass is 512 g/mol. The number of pyridine rings is 1. The van der Waals surface area contributed by atoms with Crippen molar-refractivity contribution < 1.29 is 14.7 Å². The highest BCUT2D eigenvalue weighted by atomic mass is 16.4. The number of nitrogens with zero attached hydrogens (tertiary/aromatic N) is 2. The molecule has 9 nitrogen and oxygen atoms in total. The average molecular weight is 513 g/mol. The van der Waals surface area contributed by atoms with Gasteiger partial charge in [-0.05, 0) is 71.3 Å². The lowest BCUT2D eigenvalue weighted by atomic mass is 10.0. The highest BCUT2D eigenvalue weighted by molar-refractivity contribution is 5.93. The minimum absolute atomic E-state index is 0.183. The maximum absolute atomic E-state index is 12.5. The van der Waals surface area contributed by atoms with Crippen LogP contribution in [0, 0.1) is 0 Å². The number of carbonyl (C=O) groups excluding carboxylic acids is 1. The molecule has 0 bridgehead atoms. The highest BCUT2D eigenvalue weighted by Gasteiger charge is 2.20. The number of carbonyl (C=O) groups is 2. The third-order valence-electron chi connectivity index (χ3n) is 6.39. The van der Waals surface area contributed by atoms with Gasteiger partial charge in [-0.1, -0.05) is 36.4 Å². The summed E-state index contributed by atoms with van der Waals surface area (Å²) in [5.74, 6) is -0.541. The van der Waals surface area contributed by atoms with Crippen molar-refractivity contribution in [3.8, 4) is 0 Å². The summed E-state index contributed by atoms with van der Waals surface area (Å²) >= 11 is 0. The summed E-state index contributed by atoms with van der Waals surface area (Å²) in [5.41, 5.74) is 15.6. The van der Waals surface area contributed by atoms with E-state index in [1.807, 2.05) is 66.7 Å². The largest absolute Gasteiger partial charge is 0.479 e. The third kappa shape index (κ3) is 6.57. The molecule has 0 radical (unpaired) electrons. The number of hydrogen-bond acceptors (Lipinski definition) is 6. The molecule has 0 aliphatic heterocycles. The summed E-state index contributed by atoms with van der Waals surface area (Å²) in [5, 5.41) is 17.6. The fraction of sp³-hybridized carbons (Fsp3) is 0.207. The zero-order chi connectivity index (χ0) is 27.1. The van der Waals surface area contributed by atoms with Crippen LogP contribution in [0.5, 0.6) is 0 Å². The molecule has 1 unspecified atom stereocenters. The molecule has 1 atom stereocenters. The first-order valence-electron chi connectivity index (χ1n) is 12.4. The topological polar surface area (TPSA) is 147 Å². The number of anilines is 3. The van der Waals surface area contributed by atoms with Crippen LogP contribution in [0.4, 0.5) is 22.0 Å². The number of nitrogens with one attached hydrogen (secondary N) is 2. The summed E-state index contributed by atoms with van der Waals surface area (Å²) in [6, 6.07) is 21.2. The molecule has 0 aliphatic rings. The number of carboxylic acids is 1. The number of nitrogen functional groups attached to an aromatic ring is 1. The van der Waals surface area contributed by atoms with Gasteiger partial charge in [0.1, 0.15) is 5.82 Å². The van der Waals surface area contributed by atoms with Crippen LogP contribution in [-0.2, 0) is 17.8 Å². The van der Waals surface area contributed by atoms with Crippen LogP contribution in [-0.4, -0.2) is 40.6 Å². The number of amides is 2. The van der Waals surface area contributed by atoms with E-state index in [-0.39, 0.29) is 6.03 Å². The number of aromatic nitrogens is 1. The van der Waals surface area contributed by atoms with E-state index >= 15 is 0 Å². The molecule has 38 heavy (non-hydrogen) atoms. The Labute approximate surface area is 221 Å². The number of hydrogen-bond donors (Lipinski definition) is 5. The fourth-order valence-corrected chi connectivity index (χ4v) is 4.24. The van der Waals surface area contributed by atoms with Crippen LogP contribution in [0.15, 0.2) is 79.0 Å². The van der Waals surface area contributed by atoms with Gasteiger partial charge in [0.25, 0.3) is 0 Å². The molecule has 9 heteroatoms. The molecule has 0 saturated heterocycles. The van der Waals surface area contributed by atoms with Crippen molar-refractivity contribution in [2.75, 3.05) is 30.0 Å². The van der Waals surface area contributed by atoms with Crippen LogP contribution >= 0.6 is 0 Å². The van der Waals surface area contributed by atoms with Gasteiger partial charge in [-0.25, -0.2) is 14.6 Å².